The SMILES string of the molecule is CCCSc1nc(NCCCOC)c2c3c(sc2n1)COC(C)(C)C3. The smallest absolute Gasteiger partial charge is 0.190 e. The highest BCUT2D eigenvalue weighted by molar-refractivity contribution is 7.99. The van der Waals surface area contributed by atoms with Gasteiger partial charge in [0, 0.05) is 37.3 Å². The van der Waals surface area contributed by atoms with Crippen LogP contribution in [0.1, 0.15) is 44.1 Å². The fraction of sp³-hybridized carbons (Fsp3) is 0.667. The van der Waals surface area contributed by atoms with Crippen molar-refractivity contribution in [3.63, 3.8) is 0 Å². The van der Waals surface area contributed by atoms with Crippen LogP contribution in [0.5, 0.6) is 0 Å². The van der Waals surface area contributed by atoms with E-state index in [0.717, 1.165) is 54.0 Å². The molecule has 7 heteroatoms. The van der Waals surface area contributed by atoms with Gasteiger partial charge in [0.2, 0.25) is 0 Å². The van der Waals surface area contributed by atoms with Crippen LogP contribution in [0.25, 0.3) is 10.2 Å². The van der Waals surface area contributed by atoms with Gasteiger partial charge in [-0.3, -0.25) is 0 Å². The summed E-state index contributed by atoms with van der Waals surface area (Å²) in [6, 6.07) is 0. The van der Waals surface area contributed by atoms with Crippen molar-refractivity contribution in [3.8, 4) is 0 Å². The van der Waals surface area contributed by atoms with Crippen molar-refractivity contribution >= 4 is 39.1 Å². The number of methoxy groups -OCH3 is 1. The molecule has 0 bridgehead atoms. The molecule has 0 amide bonds. The minimum absolute atomic E-state index is 0.135. The number of nitrogens with one attached hydrogen (secondary N) is 1. The van der Waals surface area contributed by atoms with Crippen LogP contribution >= 0.6 is 23.1 Å². The Hall–Kier alpha value is -0.890. The normalized spacial score (nSPS) is 16.2. The molecule has 5 nitrogen and oxygen atoms in total. The number of thiophene rings is 1. The van der Waals surface area contributed by atoms with Gasteiger partial charge in [-0.2, -0.15) is 0 Å². The Bertz CT molecular complexity index is 731. The molecule has 0 atom stereocenters. The molecule has 0 saturated carbocycles. The van der Waals surface area contributed by atoms with E-state index in [1.807, 2.05) is 0 Å². The summed E-state index contributed by atoms with van der Waals surface area (Å²) < 4.78 is 11.1. The van der Waals surface area contributed by atoms with E-state index in [0.29, 0.717) is 6.61 Å². The number of anilines is 1. The van der Waals surface area contributed by atoms with Crippen molar-refractivity contribution in [1.82, 2.24) is 9.97 Å². The van der Waals surface area contributed by atoms with Crippen molar-refractivity contribution in [2.45, 2.75) is 57.4 Å². The molecule has 2 aromatic heterocycles. The van der Waals surface area contributed by atoms with Crippen LogP contribution in [0.2, 0.25) is 0 Å². The second kappa shape index (κ2) is 8.20. The fourth-order valence-corrected chi connectivity index (χ4v) is 4.79. The first kappa shape index (κ1) is 18.9. The molecular weight excluding hydrogens is 354 g/mol. The Morgan fingerprint density at radius 3 is 2.96 bits per heavy atom. The molecule has 0 aromatic carbocycles. The van der Waals surface area contributed by atoms with Crippen molar-refractivity contribution in [2.75, 3.05) is 31.3 Å². The van der Waals surface area contributed by atoms with E-state index in [-0.39, 0.29) is 5.60 Å². The molecule has 0 unspecified atom stereocenters. The van der Waals surface area contributed by atoms with E-state index in [9.17, 15) is 0 Å². The Morgan fingerprint density at radius 2 is 2.20 bits per heavy atom. The van der Waals surface area contributed by atoms with E-state index in [2.05, 4.69) is 26.1 Å². The standard InChI is InChI=1S/C18H27N3O2S2/c1-5-9-24-17-20-15(19-7-6-8-22-4)14-12-10-18(2,3)23-11-13(12)25-16(14)21-17/h5-11H2,1-4H3,(H,19,20,21). The molecule has 1 N–H and O–H groups in total. The Kier molecular flexibility index (Phi) is 6.20. The van der Waals surface area contributed by atoms with Gasteiger partial charge in [0.1, 0.15) is 10.6 Å². The van der Waals surface area contributed by atoms with Crippen molar-refractivity contribution in [3.05, 3.63) is 10.4 Å². The summed E-state index contributed by atoms with van der Waals surface area (Å²) >= 11 is 3.48. The Morgan fingerprint density at radius 1 is 1.36 bits per heavy atom. The number of hydrogen-bond donors (Lipinski definition) is 1. The molecule has 25 heavy (non-hydrogen) atoms. The summed E-state index contributed by atoms with van der Waals surface area (Å²) in [5, 5.41) is 5.58. The van der Waals surface area contributed by atoms with Gasteiger partial charge in [-0.25, -0.2) is 9.97 Å². The summed E-state index contributed by atoms with van der Waals surface area (Å²) in [7, 11) is 1.74. The summed E-state index contributed by atoms with van der Waals surface area (Å²) in [5.74, 6) is 2.01. The molecule has 0 spiro atoms. The van der Waals surface area contributed by atoms with Crippen LogP contribution in [-0.2, 0) is 22.5 Å². The van der Waals surface area contributed by atoms with E-state index in [4.69, 9.17) is 19.4 Å². The van der Waals surface area contributed by atoms with Crippen LogP contribution in [0, 0.1) is 0 Å². The summed E-state index contributed by atoms with van der Waals surface area (Å²) in [6.45, 7) is 8.75. The lowest BCUT2D eigenvalue weighted by molar-refractivity contribution is -0.0379. The minimum atomic E-state index is -0.135. The number of nitrogens with zero attached hydrogens (tertiary/aromatic N) is 2. The maximum atomic E-state index is 5.99. The zero-order chi connectivity index (χ0) is 17.9. The van der Waals surface area contributed by atoms with Crippen LogP contribution in [0.15, 0.2) is 5.16 Å². The number of hydrogen-bond acceptors (Lipinski definition) is 7. The van der Waals surface area contributed by atoms with Gasteiger partial charge in [-0.1, -0.05) is 18.7 Å². The van der Waals surface area contributed by atoms with Crippen molar-refractivity contribution < 1.29 is 9.47 Å². The van der Waals surface area contributed by atoms with Gasteiger partial charge < -0.3 is 14.8 Å². The highest BCUT2D eigenvalue weighted by Gasteiger charge is 2.31. The predicted molar refractivity (Wildman–Crippen MR) is 106 cm³/mol. The van der Waals surface area contributed by atoms with E-state index >= 15 is 0 Å². The first-order chi connectivity index (χ1) is 12.0. The van der Waals surface area contributed by atoms with Crippen molar-refractivity contribution in [1.29, 1.82) is 0 Å². The molecular formula is C18H27N3O2S2. The topological polar surface area (TPSA) is 56.3 Å². The zero-order valence-electron chi connectivity index (χ0n) is 15.5. The quantitative estimate of drug-likeness (QED) is 0.413. The third-order valence-corrected chi connectivity index (χ3v) is 6.32. The second-order valence-electron chi connectivity index (χ2n) is 6.89. The molecule has 0 saturated heterocycles. The number of ether oxygens (including phenoxy) is 2. The molecule has 0 aliphatic carbocycles. The third kappa shape index (κ3) is 4.45. The van der Waals surface area contributed by atoms with Crippen molar-refractivity contribution in [2.24, 2.45) is 0 Å². The van der Waals surface area contributed by atoms with E-state index < -0.39 is 0 Å². The van der Waals surface area contributed by atoms with Gasteiger partial charge >= 0.3 is 0 Å². The van der Waals surface area contributed by atoms with Gasteiger partial charge in [-0.05, 0) is 32.3 Å². The highest BCUT2D eigenvalue weighted by atomic mass is 32.2. The van der Waals surface area contributed by atoms with Gasteiger partial charge in [-0.15, -0.1) is 11.3 Å². The highest BCUT2D eigenvalue weighted by Crippen LogP contribution is 2.41. The monoisotopic (exact) mass is 381 g/mol. The molecule has 1 aliphatic rings. The number of rotatable bonds is 8. The molecule has 3 heterocycles. The van der Waals surface area contributed by atoms with Crippen LogP contribution < -0.4 is 5.32 Å². The maximum Gasteiger partial charge on any atom is 0.190 e. The zero-order valence-corrected chi connectivity index (χ0v) is 17.1. The Labute approximate surface area is 157 Å². The third-order valence-electron chi connectivity index (χ3n) is 4.16. The lowest BCUT2D eigenvalue weighted by atomic mass is 9.94. The predicted octanol–water partition coefficient (Wildman–Crippen LogP) is 4.49. The van der Waals surface area contributed by atoms with Gasteiger partial charge in [0.15, 0.2) is 5.16 Å². The van der Waals surface area contributed by atoms with E-state index in [1.54, 1.807) is 30.2 Å². The number of fused-ring (bicyclic) bond motifs is 3. The summed E-state index contributed by atoms with van der Waals surface area (Å²) in [6.07, 6.45) is 2.98. The maximum absolute atomic E-state index is 5.99. The number of aromatic nitrogens is 2. The number of thioether (sulfide) groups is 1. The molecule has 2 aromatic rings. The van der Waals surface area contributed by atoms with Gasteiger partial charge in [0.25, 0.3) is 0 Å². The lowest BCUT2D eigenvalue weighted by Gasteiger charge is -2.30. The lowest BCUT2D eigenvalue weighted by Crippen LogP contribution is -2.31. The average Bonchev–Trinajstić information content (AvgIpc) is 2.93. The van der Waals surface area contributed by atoms with Crippen LogP contribution in [-0.4, -0.2) is 41.6 Å². The van der Waals surface area contributed by atoms with E-state index in [1.165, 1.54) is 15.8 Å². The fourth-order valence-electron chi connectivity index (χ4n) is 2.93. The Balaban J connectivity index is 1.97. The van der Waals surface area contributed by atoms with Crippen LogP contribution in [0.3, 0.4) is 0 Å². The first-order valence-electron chi connectivity index (χ1n) is 8.86. The largest absolute Gasteiger partial charge is 0.385 e. The second-order valence-corrected chi connectivity index (χ2v) is 9.03. The first-order valence-corrected chi connectivity index (χ1v) is 10.7. The van der Waals surface area contributed by atoms with Crippen LogP contribution in [0.4, 0.5) is 5.82 Å². The minimum Gasteiger partial charge on any atom is -0.385 e. The summed E-state index contributed by atoms with van der Waals surface area (Å²) in [5.41, 5.74) is 1.22. The molecule has 1 aliphatic heterocycles. The van der Waals surface area contributed by atoms with Gasteiger partial charge in [0.05, 0.1) is 17.6 Å². The molecule has 138 valence electrons. The average molecular weight is 382 g/mol. The molecule has 3 rings (SSSR count). The summed E-state index contributed by atoms with van der Waals surface area (Å²) in [4.78, 5) is 12.0. The molecule has 0 radical (unpaired) electrons. The molecule has 0 fully saturated rings.